The van der Waals surface area contributed by atoms with E-state index in [0.29, 0.717) is 5.58 Å². The number of furan rings is 1. The van der Waals surface area contributed by atoms with Crippen LogP contribution in [0.25, 0.3) is 22.1 Å². The van der Waals surface area contributed by atoms with Crippen molar-refractivity contribution < 1.29 is 14.3 Å². The van der Waals surface area contributed by atoms with Crippen LogP contribution in [0.3, 0.4) is 0 Å². The number of benzene rings is 2. The van der Waals surface area contributed by atoms with Crippen molar-refractivity contribution >= 4 is 32.9 Å². The second-order valence-electron chi connectivity index (χ2n) is 6.56. The topological polar surface area (TPSA) is 50.4 Å². The van der Waals surface area contributed by atoms with Gasteiger partial charge in [0.15, 0.2) is 0 Å². The molecule has 3 rings (SSSR count). The fourth-order valence-electron chi connectivity index (χ4n) is 2.53. The molecule has 118 valence electrons. The van der Waals surface area contributed by atoms with Crippen molar-refractivity contribution in [3.8, 4) is 11.1 Å². The van der Waals surface area contributed by atoms with E-state index in [-0.39, 0.29) is 11.0 Å². The minimum absolute atomic E-state index is 0.178. The highest BCUT2D eigenvalue weighted by atomic mass is 79.9. The zero-order valence-corrected chi connectivity index (χ0v) is 14.8. The molecule has 0 atom stereocenters. The standard InChI is InChI=1S/C19H17BrO3/c1-19(2,3)15-10-13-16(20)12(11-7-5-4-6-8-11)9-14(18(21)22)17(13)23-15/h4-10H,1-3H3,(H,21,22). The molecule has 0 amide bonds. The van der Waals surface area contributed by atoms with Gasteiger partial charge in [0.25, 0.3) is 0 Å². The molecule has 1 aromatic heterocycles. The van der Waals surface area contributed by atoms with Crippen molar-refractivity contribution in [1.29, 1.82) is 0 Å². The fourth-order valence-corrected chi connectivity index (χ4v) is 3.17. The number of rotatable bonds is 2. The lowest BCUT2D eigenvalue weighted by Gasteiger charge is -2.13. The van der Waals surface area contributed by atoms with Gasteiger partial charge in [0.2, 0.25) is 0 Å². The molecule has 0 spiro atoms. The van der Waals surface area contributed by atoms with E-state index in [2.05, 4.69) is 15.9 Å². The van der Waals surface area contributed by atoms with Gasteiger partial charge in [0.05, 0.1) is 0 Å². The van der Waals surface area contributed by atoms with Crippen molar-refractivity contribution in [3.63, 3.8) is 0 Å². The monoisotopic (exact) mass is 372 g/mol. The van der Waals surface area contributed by atoms with Crippen LogP contribution in [0.15, 0.2) is 51.4 Å². The van der Waals surface area contributed by atoms with Crippen LogP contribution in [0.1, 0.15) is 36.9 Å². The second kappa shape index (κ2) is 5.53. The summed E-state index contributed by atoms with van der Waals surface area (Å²) in [6.45, 7) is 6.12. The van der Waals surface area contributed by atoms with Gasteiger partial charge in [-0.2, -0.15) is 0 Å². The molecule has 3 nitrogen and oxygen atoms in total. The first kappa shape index (κ1) is 15.8. The van der Waals surface area contributed by atoms with E-state index in [0.717, 1.165) is 26.7 Å². The molecular formula is C19H17BrO3. The van der Waals surface area contributed by atoms with Gasteiger partial charge in [-0.15, -0.1) is 0 Å². The van der Waals surface area contributed by atoms with Crippen molar-refractivity contribution in [2.45, 2.75) is 26.2 Å². The average Bonchev–Trinajstić information content (AvgIpc) is 2.94. The molecule has 0 radical (unpaired) electrons. The van der Waals surface area contributed by atoms with E-state index < -0.39 is 5.97 Å². The normalized spacial score (nSPS) is 11.8. The minimum Gasteiger partial charge on any atom is -0.478 e. The van der Waals surface area contributed by atoms with Crippen LogP contribution in [0.5, 0.6) is 0 Å². The Morgan fingerprint density at radius 1 is 1.13 bits per heavy atom. The molecular weight excluding hydrogens is 356 g/mol. The molecule has 23 heavy (non-hydrogen) atoms. The van der Waals surface area contributed by atoms with Gasteiger partial charge in [-0.1, -0.05) is 51.1 Å². The maximum absolute atomic E-state index is 11.7. The Labute approximate surface area is 143 Å². The fraction of sp³-hybridized carbons (Fsp3) is 0.211. The highest BCUT2D eigenvalue weighted by Crippen LogP contribution is 2.40. The zero-order chi connectivity index (χ0) is 16.8. The first-order valence-corrected chi connectivity index (χ1v) is 8.13. The molecule has 4 heteroatoms. The Hall–Kier alpha value is -2.07. The van der Waals surface area contributed by atoms with Crippen molar-refractivity contribution in [1.82, 2.24) is 0 Å². The molecule has 0 aliphatic rings. The van der Waals surface area contributed by atoms with Gasteiger partial charge < -0.3 is 9.52 Å². The quantitative estimate of drug-likeness (QED) is 0.612. The number of carbonyl (C=O) groups is 1. The van der Waals surface area contributed by atoms with Gasteiger partial charge >= 0.3 is 5.97 Å². The number of halogens is 1. The number of carboxylic acids is 1. The Bertz CT molecular complexity index is 886. The van der Waals surface area contributed by atoms with E-state index in [4.69, 9.17) is 4.42 Å². The van der Waals surface area contributed by atoms with E-state index in [1.54, 1.807) is 6.07 Å². The molecule has 0 unspecified atom stereocenters. The number of hydrogen-bond acceptors (Lipinski definition) is 2. The molecule has 0 aliphatic carbocycles. The summed E-state index contributed by atoms with van der Waals surface area (Å²) in [5, 5.41) is 10.4. The molecule has 0 saturated carbocycles. The Morgan fingerprint density at radius 3 is 2.35 bits per heavy atom. The third-order valence-electron chi connectivity index (χ3n) is 3.79. The van der Waals surface area contributed by atoms with Crippen LogP contribution in [-0.4, -0.2) is 11.1 Å². The van der Waals surface area contributed by atoms with Crippen LogP contribution in [0.4, 0.5) is 0 Å². The lowest BCUT2D eigenvalue weighted by Crippen LogP contribution is -2.08. The number of carboxylic acid groups (broad SMARTS) is 1. The van der Waals surface area contributed by atoms with E-state index in [1.807, 2.05) is 57.2 Å². The predicted octanol–water partition coefficient (Wildman–Crippen LogP) is 5.86. The van der Waals surface area contributed by atoms with Gasteiger partial charge in [-0.3, -0.25) is 0 Å². The van der Waals surface area contributed by atoms with Crippen molar-refractivity contribution in [3.05, 3.63) is 58.3 Å². The smallest absolute Gasteiger partial charge is 0.339 e. The summed E-state index contributed by atoms with van der Waals surface area (Å²) in [5.74, 6) is -0.226. The summed E-state index contributed by atoms with van der Waals surface area (Å²) in [4.78, 5) is 11.7. The van der Waals surface area contributed by atoms with E-state index in [1.165, 1.54) is 0 Å². The Balaban J connectivity index is 2.37. The van der Waals surface area contributed by atoms with Crippen LogP contribution >= 0.6 is 15.9 Å². The summed E-state index contributed by atoms with van der Waals surface area (Å²) in [6, 6.07) is 13.3. The third-order valence-corrected chi connectivity index (χ3v) is 4.65. The SMILES string of the molecule is CC(C)(C)c1cc2c(Br)c(-c3ccccc3)cc(C(=O)O)c2o1. The summed E-state index contributed by atoms with van der Waals surface area (Å²) in [7, 11) is 0. The molecule has 1 heterocycles. The molecule has 1 N–H and O–H groups in total. The summed E-state index contributed by atoms with van der Waals surface area (Å²) < 4.78 is 6.74. The predicted molar refractivity (Wildman–Crippen MR) is 95.0 cm³/mol. The van der Waals surface area contributed by atoms with Crippen LogP contribution in [-0.2, 0) is 5.41 Å². The number of hydrogen-bond donors (Lipinski definition) is 1. The third kappa shape index (κ3) is 2.79. The zero-order valence-electron chi connectivity index (χ0n) is 13.2. The lowest BCUT2D eigenvalue weighted by atomic mass is 9.93. The largest absolute Gasteiger partial charge is 0.478 e. The summed E-state index contributed by atoms with van der Waals surface area (Å²) in [6.07, 6.45) is 0. The molecule has 0 aliphatic heterocycles. The minimum atomic E-state index is -0.991. The molecule has 3 aromatic rings. The summed E-state index contributed by atoms with van der Waals surface area (Å²) in [5.41, 5.74) is 2.20. The summed E-state index contributed by atoms with van der Waals surface area (Å²) >= 11 is 3.63. The van der Waals surface area contributed by atoms with Gasteiger partial charge in [0, 0.05) is 15.3 Å². The first-order chi connectivity index (χ1) is 10.8. The van der Waals surface area contributed by atoms with Gasteiger partial charge in [-0.25, -0.2) is 4.79 Å². The Morgan fingerprint density at radius 2 is 1.78 bits per heavy atom. The van der Waals surface area contributed by atoms with Crippen LogP contribution in [0.2, 0.25) is 0 Å². The van der Waals surface area contributed by atoms with Crippen LogP contribution in [0, 0.1) is 0 Å². The maximum Gasteiger partial charge on any atom is 0.339 e. The van der Waals surface area contributed by atoms with Gasteiger partial charge in [-0.05, 0) is 39.2 Å². The average molecular weight is 373 g/mol. The van der Waals surface area contributed by atoms with Crippen molar-refractivity contribution in [2.75, 3.05) is 0 Å². The number of aromatic carboxylic acids is 1. The highest BCUT2D eigenvalue weighted by molar-refractivity contribution is 9.10. The highest BCUT2D eigenvalue weighted by Gasteiger charge is 2.24. The Kier molecular flexibility index (Phi) is 3.80. The van der Waals surface area contributed by atoms with E-state index >= 15 is 0 Å². The lowest BCUT2D eigenvalue weighted by molar-refractivity contribution is 0.0697. The molecule has 0 saturated heterocycles. The molecule has 2 aromatic carbocycles. The molecule has 0 fully saturated rings. The number of fused-ring (bicyclic) bond motifs is 1. The van der Waals surface area contributed by atoms with Crippen molar-refractivity contribution in [2.24, 2.45) is 0 Å². The van der Waals surface area contributed by atoms with Gasteiger partial charge in [0.1, 0.15) is 16.9 Å². The molecule has 0 bridgehead atoms. The second-order valence-corrected chi connectivity index (χ2v) is 7.35. The first-order valence-electron chi connectivity index (χ1n) is 7.34. The van der Waals surface area contributed by atoms with Crippen LogP contribution < -0.4 is 0 Å². The maximum atomic E-state index is 11.7. The van der Waals surface area contributed by atoms with E-state index in [9.17, 15) is 9.90 Å².